The monoisotopic (exact) mass is 219 g/mol. The Morgan fingerprint density at radius 1 is 1.13 bits per heavy atom. The summed E-state index contributed by atoms with van der Waals surface area (Å²) in [7, 11) is 0. The Hall–Kier alpha value is -1.54. The Morgan fingerprint density at radius 2 is 1.93 bits per heavy atom. The third-order valence-corrected chi connectivity index (χ3v) is 2.27. The summed E-state index contributed by atoms with van der Waals surface area (Å²) in [6, 6.07) is 13.5. The average molecular weight is 220 g/mol. The van der Waals surface area contributed by atoms with Gasteiger partial charge in [-0.1, -0.05) is 41.9 Å². The zero-order chi connectivity index (χ0) is 10.5. The molecule has 2 nitrogen and oxygen atoms in total. The maximum atomic E-state index is 5.95. The van der Waals surface area contributed by atoms with Crippen LogP contribution in [0, 0.1) is 0 Å². The summed E-state index contributed by atoms with van der Waals surface area (Å²) in [5, 5.41) is 0.406. The van der Waals surface area contributed by atoms with Crippen molar-refractivity contribution in [3.8, 4) is 0 Å². The average Bonchev–Trinajstić information content (AvgIpc) is 2.81. The second-order valence-corrected chi connectivity index (χ2v) is 3.43. The Bertz CT molecular complexity index is 434. The summed E-state index contributed by atoms with van der Waals surface area (Å²) < 4.78 is 5.12. The Balaban J connectivity index is 2.06. The lowest BCUT2D eigenvalue weighted by molar-refractivity contribution is 0.559. The zero-order valence-corrected chi connectivity index (χ0v) is 8.82. The van der Waals surface area contributed by atoms with Crippen molar-refractivity contribution < 1.29 is 4.42 Å². The zero-order valence-electron chi connectivity index (χ0n) is 8.06. The molecule has 0 aliphatic rings. The molecule has 76 valence electrons. The number of aliphatic imine (C=N–C) groups is 1. The van der Waals surface area contributed by atoms with Crippen LogP contribution in [0.2, 0.25) is 0 Å². The summed E-state index contributed by atoms with van der Waals surface area (Å²) in [4.78, 5) is 4.23. The number of rotatable bonds is 3. The topological polar surface area (TPSA) is 25.5 Å². The van der Waals surface area contributed by atoms with Gasteiger partial charge < -0.3 is 4.42 Å². The normalized spacial score (nSPS) is 11.7. The van der Waals surface area contributed by atoms with Crippen molar-refractivity contribution in [3.63, 3.8) is 0 Å². The first kappa shape index (κ1) is 9.99. The van der Waals surface area contributed by atoms with Crippen LogP contribution in [-0.4, -0.2) is 5.17 Å². The van der Waals surface area contributed by atoms with Crippen LogP contribution >= 0.6 is 11.6 Å². The molecule has 0 unspecified atom stereocenters. The van der Waals surface area contributed by atoms with Gasteiger partial charge in [0, 0.05) is 0 Å². The highest BCUT2D eigenvalue weighted by Gasteiger charge is 2.01. The van der Waals surface area contributed by atoms with Gasteiger partial charge in [0.15, 0.2) is 10.9 Å². The van der Waals surface area contributed by atoms with E-state index in [9.17, 15) is 0 Å². The Labute approximate surface area is 93.2 Å². The van der Waals surface area contributed by atoms with Gasteiger partial charge in [-0.2, -0.15) is 0 Å². The van der Waals surface area contributed by atoms with E-state index in [-0.39, 0.29) is 0 Å². The standard InChI is InChI=1S/C12H10ClNO/c13-12(11-7-4-8-15-11)14-9-10-5-2-1-3-6-10/h1-8H,9H2. The van der Waals surface area contributed by atoms with Crippen molar-refractivity contribution in [1.82, 2.24) is 0 Å². The third-order valence-electron chi connectivity index (χ3n) is 1.97. The molecule has 1 aromatic heterocycles. The van der Waals surface area contributed by atoms with E-state index in [1.54, 1.807) is 18.4 Å². The molecule has 0 spiro atoms. The second-order valence-electron chi connectivity index (χ2n) is 3.07. The number of hydrogen-bond acceptors (Lipinski definition) is 2. The van der Waals surface area contributed by atoms with Crippen molar-refractivity contribution in [2.24, 2.45) is 4.99 Å². The van der Waals surface area contributed by atoms with Crippen molar-refractivity contribution in [1.29, 1.82) is 0 Å². The van der Waals surface area contributed by atoms with Crippen LogP contribution in [0.25, 0.3) is 0 Å². The predicted molar refractivity (Wildman–Crippen MR) is 61.2 cm³/mol. The van der Waals surface area contributed by atoms with Crippen LogP contribution in [0.4, 0.5) is 0 Å². The Kier molecular flexibility index (Phi) is 3.20. The molecule has 0 atom stereocenters. The predicted octanol–water partition coefficient (Wildman–Crippen LogP) is 3.47. The first-order valence-electron chi connectivity index (χ1n) is 4.64. The maximum absolute atomic E-state index is 5.95. The van der Waals surface area contributed by atoms with Gasteiger partial charge in [-0.25, -0.2) is 0 Å². The number of furan rings is 1. The molecule has 1 heterocycles. The van der Waals surface area contributed by atoms with Crippen LogP contribution in [0.5, 0.6) is 0 Å². The molecule has 0 bridgehead atoms. The third kappa shape index (κ3) is 2.70. The number of benzene rings is 1. The number of nitrogens with zero attached hydrogens (tertiary/aromatic N) is 1. The molecule has 1 aromatic carbocycles. The lowest BCUT2D eigenvalue weighted by atomic mass is 10.2. The van der Waals surface area contributed by atoms with E-state index in [0.717, 1.165) is 5.56 Å². The highest BCUT2D eigenvalue weighted by atomic mass is 35.5. The lowest BCUT2D eigenvalue weighted by Gasteiger charge is -1.96. The highest BCUT2D eigenvalue weighted by Crippen LogP contribution is 2.08. The molecular weight excluding hydrogens is 210 g/mol. The van der Waals surface area contributed by atoms with E-state index in [2.05, 4.69) is 4.99 Å². The smallest absolute Gasteiger partial charge is 0.167 e. The van der Waals surface area contributed by atoms with Crippen molar-refractivity contribution in [2.75, 3.05) is 0 Å². The minimum Gasteiger partial charge on any atom is -0.462 e. The van der Waals surface area contributed by atoms with E-state index >= 15 is 0 Å². The van der Waals surface area contributed by atoms with E-state index < -0.39 is 0 Å². The summed E-state index contributed by atoms with van der Waals surface area (Å²) in [5.74, 6) is 0.604. The SMILES string of the molecule is ClC(=NCc1ccccc1)c1ccco1. The molecule has 0 aliphatic heterocycles. The first-order valence-corrected chi connectivity index (χ1v) is 5.02. The quantitative estimate of drug-likeness (QED) is 0.726. The molecule has 0 fully saturated rings. The fourth-order valence-corrected chi connectivity index (χ4v) is 1.39. The van der Waals surface area contributed by atoms with Gasteiger partial charge >= 0.3 is 0 Å². The molecule has 0 radical (unpaired) electrons. The molecule has 0 amide bonds. The van der Waals surface area contributed by atoms with Gasteiger partial charge in [0.1, 0.15) is 0 Å². The fraction of sp³-hybridized carbons (Fsp3) is 0.0833. The number of hydrogen-bond donors (Lipinski definition) is 0. The largest absolute Gasteiger partial charge is 0.462 e. The van der Waals surface area contributed by atoms with E-state index in [1.807, 2.05) is 30.3 Å². The minimum absolute atomic E-state index is 0.406. The van der Waals surface area contributed by atoms with E-state index in [1.165, 1.54) is 0 Å². The number of halogens is 1. The van der Waals surface area contributed by atoms with Crippen LogP contribution < -0.4 is 0 Å². The van der Waals surface area contributed by atoms with Crippen LogP contribution in [0.1, 0.15) is 11.3 Å². The van der Waals surface area contributed by atoms with Gasteiger partial charge in [-0.05, 0) is 17.7 Å². The molecule has 0 aliphatic carbocycles. The molecule has 0 saturated carbocycles. The van der Waals surface area contributed by atoms with Gasteiger partial charge in [0.2, 0.25) is 0 Å². The summed E-state index contributed by atoms with van der Waals surface area (Å²) in [6.07, 6.45) is 1.58. The highest BCUT2D eigenvalue weighted by molar-refractivity contribution is 6.69. The van der Waals surface area contributed by atoms with Crippen LogP contribution in [0.15, 0.2) is 58.1 Å². The van der Waals surface area contributed by atoms with Gasteiger partial charge in [0.05, 0.1) is 12.8 Å². The van der Waals surface area contributed by atoms with Gasteiger partial charge in [-0.15, -0.1) is 0 Å². The summed E-state index contributed by atoms with van der Waals surface area (Å²) >= 11 is 5.95. The van der Waals surface area contributed by atoms with Gasteiger partial charge in [-0.3, -0.25) is 4.99 Å². The van der Waals surface area contributed by atoms with E-state index in [4.69, 9.17) is 16.0 Å². The van der Waals surface area contributed by atoms with Crippen molar-refractivity contribution in [2.45, 2.75) is 6.54 Å². The molecular formula is C12H10ClNO. The van der Waals surface area contributed by atoms with Crippen LogP contribution in [-0.2, 0) is 6.54 Å². The molecule has 2 rings (SSSR count). The maximum Gasteiger partial charge on any atom is 0.167 e. The molecule has 0 saturated heterocycles. The summed E-state index contributed by atoms with van der Waals surface area (Å²) in [5.41, 5.74) is 1.13. The van der Waals surface area contributed by atoms with Crippen molar-refractivity contribution >= 4 is 16.8 Å². The van der Waals surface area contributed by atoms with E-state index in [0.29, 0.717) is 17.5 Å². The van der Waals surface area contributed by atoms with Crippen molar-refractivity contribution in [3.05, 3.63) is 60.1 Å². The lowest BCUT2D eigenvalue weighted by Crippen LogP contribution is -1.90. The molecule has 2 aromatic rings. The Morgan fingerprint density at radius 3 is 2.60 bits per heavy atom. The molecule has 3 heteroatoms. The first-order chi connectivity index (χ1) is 7.36. The summed E-state index contributed by atoms with van der Waals surface area (Å²) in [6.45, 7) is 0.570. The molecule has 15 heavy (non-hydrogen) atoms. The second kappa shape index (κ2) is 4.80. The van der Waals surface area contributed by atoms with Gasteiger partial charge in [0.25, 0.3) is 0 Å². The molecule has 0 N–H and O–H groups in total. The van der Waals surface area contributed by atoms with Crippen LogP contribution in [0.3, 0.4) is 0 Å². The fourth-order valence-electron chi connectivity index (χ4n) is 1.22. The minimum atomic E-state index is 0.406.